The molecule has 0 saturated heterocycles. The number of sulfonamides is 1. The second-order valence-corrected chi connectivity index (χ2v) is 5.45. The highest BCUT2D eigenvalue weighted by molar-refractivity contribution is 7.92. The molecular formula is C6H14N2O3S2. The van der Waals surface area contributed by atoms with Crippen molar-refractivity contribution in [3.05, 3.63) is 0 Å². The fourth-order valence-electron chi connectivity index (χ4n) is 0.776. The fraction of sp³-hybridized carbons (Fsp3) is 0.833. The van der Waals surface area contributed by atoms with Crippen molar-refractivity contribution in [2.75, 3.05) is 19.3 Å². The molecule has 0 aliphatic carbocycles. The largest absolute Gasteiger partial charge is 0.392 e. The van der Waals surface area contributed by atoms with E-state index in [-0.39, 0.29) is 17.3 Å². The first-order valence-electron chi connectivity index (χ1n) is 3.66. The van der Waals surface area contributed by atoms with Gasteiger partial charge in [-0.25, -0.2) is 12.7 Å². The van der Waals surface area contributed by atoms with Crippen molar-refractivity contribution < 1.29 is 13.5 Å². The van der Waals surface area contributed by atoms with Gasteiger partial charge < -0.3 is 10.8 Å². The lowest BCUT2D eigenvalue weighted by molar-refractivity contribution is 0.171. The average molecular weight is 226 g/mol. The summed E-state index contributed by atoms with van der Waals surface area (Å²) in [4.78, 5) is -0.0718. The maximum atomic E-state index is 11.3. The lowest BCUT2D eigenvalue weighted by atomic mass is 10.4. The van der Waals surface area contributed by atoms with Crippen LogP contribution in [0.5, 0.6) is 0 Å². The Labute approximate surface area is 83.6 Å². The number of likely N-dealkylation sites (N-methyl/N-ethyl adjacent to an activating group) is 1. The highest BCUT2D eigenvalue weighted by Gasteiger charge is 2.19. The third-order valence-electron chi connectivity index (χ3n) is 1.32. The molecule has 0 radical (unpaired) electrons. The molecule has 0 aliphatic rings. The van der Waals surface area contributed by atoms with E-state index < -0.39 is 16.1 Å². The smallest absolute Gasteiger partial charge is 0.220 e. The molecule has 0 bridgehead atoms. The minimum atomic E-state index is -3.45. The van der Waals surface area contributed by atoms with Gasteiger partial charge in [-0.05, 0) is 6.92 Å². The van der Waals surface area contributed by atoms with Gasteiger partial charge in [-0.15, -0.1) is 0 Å². The third kappa shape index (κ3) is 5.14. The lowest BCUT2D eigenvalue weighted by Crippen LogP contribution is -2.37. The summed E-state index contributed by atoms with van der Waals surface area (Å²) in [6.07, 6.45) is -0.703. The highest BCUT2D eigenvalue weighted by atomic mass is 32.2. The van der Waals surface area contributed by atoms with Crippen molar-refractivity contribution >= 4 is 27.2 Å². The summed E-state index contributed by atoms with van der Waals surface area (Å²) in [5.41, 5.74) is 5.11. The molecular weight excluding hydrogens is 212 g/mol. The van der Waals surface area contributed by atoms with Crippen LogP contribution in [0, 0.1) is 0 Å². The van der Waals surface area contributed by atoms with Gasteiger partial charge in [-0.3, -0.25) is 0 Å². The van der Waals surface area contributed by atoms with Crippen LogP contribution in [0.4, 0.5) is 0 Å². The number of hydrogen-bond donors (Lipinski definition) is 2. The second kappa shape index (κ2) is 4.85. The molecule has 13 heavy (non-hydrogen) atoms. The maximum absolute atomic E-state index is 11.3. The van der Waals surface area contributed by atoms with Crippen LogP contribution >= 0.6 is 12.2 Å². The van der Waals surface area contributed by atoms with Crippen molar-refractivity contribution in [3.8, 4) is 0 Å². The Bertz CT molecular complexity index is 274. The van der Waals surface area contributed by atoms with E-state index in [1.165, 1.54) is 14.0 Å². The first kappa shape index (κ1) is 12.8. The van der Waals surface area contributed by atoms with Gasteiger partial charge in [0.15, 0.2) is 0 Å². The number of aliphatic hydroxyl groups is 1. The van der Waals surface area contributed by atoms with Crippen molar-refractivity contribution in [1.82, 2.24) is 4.31 Å². The van der Waals surface area contributed by atoms with Gasteiger partial charge >= 0.3 is 0 Å². The average Bonchev–Trinajstić information content (AvgIpc) is 1.81. The summed E-state index contributed by atoms with van der Waals surface area (Å²) < 4.78 is 23.7. The SMILES string of the molecule is CC(O)CN(C)S(=O)(=O)CC(N)=S. The second-order valence-electron chi connectivity index (χ2n) is 2.85. The molecule has 0 heterocycles. The van der Waals surface area contributed by atoms with E-state index in [9.17, 15) is 8.42 Å². The Kier molecular flexibility index (Phi) is 4.76. The topological polar surface area (TPSA) is 83.6 Å². The standard InChI is InChI=1S/C6H14N2O3S2/c1-5(9)3-8(2)13(10,11)4-6(7)12/h5,9H,3-4H2,1-2H3,(H2,7,12). The van der Waals surface area contributed by atoms with Crippen LogP contribution in [0.25, 0.3) is 0 Å². The lowest BCUT2D eigenvalue weighted by Gasteiger charge is -2.17. The molecule has 0 aliphatic heterocycles. The van der Waals surface area contributed by atoms with E-state index in [0.717, 1.165) is 4.31 Å². The molecule has 0 spiro atoms. The van der Waals surface area contributed by atoms with Gasteiger partial charge in [-0.1, -0.05) is 12.2 Å². The van der Waals surface area contributed by atoms with Crippen LogP contribution in [0.2, 0.25) is 0 Å². The summed E-state index contributed by atoms with van der Waals surface area (Å²) in [7, 11) is -2.07. The Morgan fingerprint density at radius 1 is 1.69 bits per heavy atom. The molecule has 0 aromatic carbocycles. The maximum Gasteiger partial charge on any atom is 0.220 e. The van der Waals surface area contributed by atoms with Gasteiger partial charge in [0.25, 0.3) is 0 Å². The Morgan fingerprint density at radius 3 is 2.46 bits per heavy atom. The minimum Gasteiger partial charge on any atom is -0.392 e. The van der Waals surface area contributed by atoms with Gasteiger partial charge in [0.05, 0.1) is 11.1 Å². The van der Waals surface area contributed by atoms with Crippen LogP contribution < -0.4 is 5.73 Å². The molecule has 1 unspecified atom stereocenters. The van der Waals surface area contributed by atoms with Crippen molar-refractivity contribution in [2.45, 2.75) is 13.0 Å². The van der Waals surface area contributed by atoms with Crippen molar-refractivity contribution in [1.29, 1.82) is 0 Å². The first-order chi connectivity index (χ1) is 5.75. The molecule has 0 rings (SSSR count). The fourth-order valence-corrected chi connectivity index (χ4v) is 2.25. The van der Waals surface area contributed by atoms with E-state index in [0.29, 0.717) is 0 Å². The molecule has 0 fully saturated rings. The van der Waals surface area contributed by atoms with Crippen molar-refractivity contribution in [2.24, 2.45) is 5.73 Å². The summed E-state index contributed by atoms with van der Waals surface area (Å²) >= 11 is 4.49. The number of thiocarbonyl (C=S) groups is 1. The minimum absolute atomic E-state index is 0.0466. The first-order valence-corrected chi connectivity index (χ1v) is 5.68. The van der Waals surface area contributed by atoms with Gasteiger partial charge in [-0.2, -0.15) is 0 Å². The summed E-state index contributed by atoms with van der Waals surface area (Å²) in [6, 6.07) is 0. The predicted octanol–water partition coefficient (Wildman–Crippen LogP) is -1.09. The van der Waals surface area contributed by atoms with Crippen LogP contribution in [-0.4, -0.2) is 48.3 Å². The van der Waals surface area contributed by atoms with Gasteiger partial charge in [0.2, 0.25) is 10.0 Å². The van der Waals surface area contributed by atoms with Crippen LogP contribution in [0.3, 0.4) is 0 Å². The van der Waals surface area contributed by atoms with E-state index >= 15 is 0 Å². The van der Waals surface area contributed by atoms with Crippen molar-refractivity contribution in [3.63, 3.8) is 0 Å². The van der Waals surface area contributed by atoms with Gasteiger partial charge in [0.1, 0.15) is 5.75 Å². The van der Waals surface area contributed by atoms with E-state index in [1.54, 1.807) is 0 Å². The molecule has 5 nitrogen and oxygen atoms in total. The zero-order chi connectivity index (χ0) is 10.6. The number of nitrogens with two attached hydrogens (primary N) is 1. The Hall–Kier alpha value is -0.240. The molecule has 0 aromatic rings. The quantitative estimate of drug-likeness (QED) is 0.582. The highest BCUT2D eigenvalue weighted by Crippen LogP contribution is 1.99. The number of aliphatic hydroxyl groups excluding tert-OH is 1. The number of hydrogen-bond acceptors (Lipinski definition) is 4. The van der Waals surface area contributed by atoms with Crippen LogP contribution in [0.1, 0.15) is 6.92 Å². The van der Waals surface area contributed by atoms with E-state index in [1.807, 2.05) is 0 Å². The molecule has 0 aromatic heterocycles. The summed E-state index contributed by atoms with van der Waals surface area (Å²) in [5, 5.41) is 8.95. The van der Waals surface area contributed by atoms with Crippen LogP contribution in [-0.2, 0) is 10.0 Å². The monoisotopic (exact) mass is 226 g/mol. The third-order valence-corrected chi connectivity index (χ3v) is 3.42. The molecule has 78 valence electrons. The van der Waals surface area contributed by atoms with Gasteiger partial charge in [0, 0.05) is 13.6 Å². The number of rotatable bonds is 5. The van der Waals surface area contributed by atoms with E-state index in [4.69, 9.17) is 10.8 Å². The molecule has 0 amide bonds. The Morgan fingerprint density at radius 2 is 2.15 bits per heavy atom. The summed E-state index contributed by atoms with van der Waals surface area (Å²) in [6.45, 7) is 1.55. The predicted molar refractivity (Wildman–Crippen MR) is 54.9 cm³/mol. The molecule has 3 N–H and O–H groups in total. The summed E-state index contributed by atoms with van der Waals surface area (Å²) in [5.74, 6) is -0.356. The van der Waals surface area contributed by atoms with Crippen LogP contribution in [0.15, 0.2) is 0 Å². The van der Waals surface area contributed by atoms with E-state index in [2.05, 4.69) is 12.2 Å². The molecule has 1 atom stereocenters. The Balaban J connectivity index is 4.37. The number of nitrogens with zero attached hydrogens (tertiary/aromatic N) is 1. The molecule has 0 saturated carbocycles. The zero-order valence-electron chi connectivity index (χ0n) is 7.60. The normalized spacial score (nSPS) is 14.5. The molecule has 7 heteroatoms. The zero-order valence-corrected chi connectivity index (χ0v) is 9.23.